The third-order valence-corrected chi connectivity index (χ3v) is 4.75. The number of rotatable bonds is 3. The Morgan fingerprint density at radius 3 is 3.05 bits per heavy atom. The molecule has 2 heterocycles. The van der Waals surface area contributed by atoms with Crippen molar-refractivity contribution in [1.29, 1.82) is 0 Å². The van der Waals surface area contributed by atoms with Gasteiger partial charge in [-0.25, -0.2) is 0 Å². The Morgan fingerprint density at radius 2 is 2.27 bits per heavy atom. The summed E-state index contributed by atoms with van der Waals surface area (Å²) >= 11 is 1.24. The summed E-state index contributed by atoms with van der Waals surface area (Å²) in [6.45, 7) is 0. The molecule has 1 aliphatic rings. The summed E-state index contributed by atoms with van der Waals surface area (Å²) in [6, 6.07) is 8.13. The van der Waals surface area contributed by atoms with Crippen molar-refractivity contribution < 1.29 is 0 Å². The number of H-pyrrole nitrogens is 1. The molecule has 0 amide bonds. The molecule has 3 aromatic rings. The normalized spacial score (nSPS) is 15.9. The van der Waals surface area contributed by atoms with Crippen molar-refractivity contribution in [2.45, 2.75) is 18.9 Å². The predicted molar refractivity (Wildman–Crippen MR) is 89.3 cm³/mol. The number of benzene rings is 1. The van der Waals surface area contributed by atoms with E-state index in [0.29, 0.717) is 0 Å². The lowest BCUT2D eigenvalue weighted by atomic mass is 9.94. The van der Waals surface area contributed by atoms with Gasteiger partial charge < -0.3 is 4.98 Å². The van der Waals surface area contributed by atoms with E-state index in [0.717, 1.165) is 28.6 Å². The Balaban J connectivity index is 1.86. The Kier molecular flexibility index (Phi) is 3.27. The molecule has 0 saturated carbocycles. The number of nitrogens with zero attached hydrogens (tertiary/aromatic N) is 2. The van der Waals surface area contributed by atoms with E-state index in [1.54, 1.807) is 6.20 Å². The highest BCUT2D eigenvalue weighted by Gasteiger charge is 2.19. The molecule has 4 nitrogen and oxygen atoms in total. The molecule has 1 atom stereocenters. The lowest BCUT2D eigenvalue weighted by Crippen LogP contribution is -2.14. The highest BCUT2D eigenvalue weighted by molar-refractivity contribution is 7.16. The third-order valence-electron chi connectivity index (χ3n) is 3.89. The molecule has 1 aliphatic carbocycles. The first-order chi connectivity index (χ1) is 10.8. The predicted octanol–water partition coefficient (Wildman–Crippen LogP) is 3.65. The lowest BCUT2D eigenvalue weighted by molar-refractivity contribution is 0.591. The summed E-state index contributed by atoms with van der Waals surface area (Å²) in [4.78, 5) is 14.4. The van der Waals surface area contributed by atoms with Crippen LogP contribution in [0.1, 0.15) is 24.4 Å². The Hall–Kier alpha value is -2.40. The topological polar surface area (TPSA) is 50.7 Å². The molecule has 22 heavy (non-hydrogen) atoms. The van der Waals surface area contributed by atoms with E-state index < -0.39 is 0 Å². The van der Waals surface area contributed by atoms with Gasteiger partial charge in [0.1, 0.15) is 6.04 Å². The zero-order valence-electron chi connectivity index (χ0n) is 11.9. The second kappa shape index (κ2) is 5.42. The van der Waals surface area contributed by atoms with Crippen molar-refractivity contribution in [3.63, 3.8) is 0 Å². The van der Waals surface area contributed by atoms with Crippen molar-refractivity contribution in [2.24, 2.45) is 0 Å². The quantitative estimate of drug-likeness (QED) is 0.803. The van der Waals surface area contributed by atoms with E-state index in [4.69, 9.17) is 0 Å². The first kappa shape index (κ1) is 13.3. The van der Waals surface area contributed by atoms with Crippen LogP contribution in [0, 0.1) is 0 Å². The average Bonchev–Trinajstić information content (AvgIpc) is 3.17. The van der Waals surface area contributed by atoms with Gasteiger partial charge in [-0.2, -0.15) is 5.10 Å². The number of aromatic amines is 1. The Labute approximate surface area is 131 Å². The van der Waals surface area contributed by atoms with Crippen LogP contribution < -0.4 is 4.87 Å². The fourth-order valence-corrected chi connectivity index (χ4v) is 3.62. The van der Waals surface area contributed by atoms with E-state index in [1.807, 2.05) is 23.0 Å². The SMILES string of the molecule is O=c1[nH]c2cc(C(C3=CCCC=C3)n3cccn3)ccc2s1. The number of hydrogen-bond acceptors (Lipinski definition) is 3. The molecular weight excluding hydrogens is 294 g/mol. The second-order valence-corrected chi connectivity index (χ2v) is 6.36. The summed E-state index contributed by atoms with van der Waals surface area (Å²) < 4.78 is 2.95. The molecule has 1 aromatic carbocycles. The van der Waals surface area contributed by atoms with E-state index in [2.05, 4.69) is 40.4 Å². The molecule has 2 aromatic heterocycles. The van der Waals surface area contributed by atoms with Crippen LogP contribution in [0.2, 0.25) is 0 Å². The maximum Gasteiger partial charge on any atom is 0.305 e. The van der Waals surface area contributed by atoms with E-state index in [9.17, 15) is 4.79 Å². The molecule has 1 unspecified atom stereocenters. The van der Waals surface area contributed by atoms with Gasteiger partial charge in [0, 0.05) is 12.4 Å². The molecule has 5 heteroatoms. The fraction of sp³-hybridized carbons (Fsp3) is 0.176. The summed E-state index contributed by atoms with van der Waals surface area (Å²) in [5.41, 5.74) is 3.26. The standard InChI is InChI=1S/C17H15N3OS/c21-17-19-14-11-13(7-8-15(14)22-17)16(20-10-4-9-18-20)12-5-2-1-3-6-12/h2,4-11,16H,1,3H2,(H,19,21). The van der Waals surface area contributed by atoms with E-state index in [-0.39, 0.29) is 10.9 Å². The van der Waals surface area contributed by atoms with Crippen molar-refractivity contribution in [3.05, 3.63) is 75.7 Å². The van der Waals surface area contributed by atoms with Crippen molar-refractivity contribution >= 4 is 21.6 Å². The second-order valence-electron chi connectivity index (χ2n) is 5.34. The average molecular weight is 309 g/mol. The highest BCUT2D eigenvalue weighted by Crippen LogP contribution is 2.31. The molecule has 0 saturated heterocycles. The summed E-state index contributed by atoms with van der Waals surface area (Å²) in [6.07, 6.45) is 12.6. The largest absolute Gasteiger partial charge is 0.312 e. The maximum absolute atomic E-state index is 11.5. The van der Waals surface area contributed by atoms with Gasteiger partial charge in [0.2, 0.25) is 0 Å². The van der Waals surface area contributed by atoms with Gasteiger partial charge in [-0.05, 0) is 42.2 Å². The number of nitrogens with one attached hydrogen (secondary N) is 1. The zero-order chi connectivity index (χ0) is 14.9. The molecule has 110 valence electrons. The molecule has 0 fully saturated rings. The van der Waals surface area contributed by atoms with Crippen LogP contribution >= 0.6 is 11.3 Å². The lowest BCUT2D eigenvalue weighted by Gasteiger charge is -2.21. The van der Waals surface area contributed by atoms with Crippen LogP contribution in [-0.4, -0.2) is 14.8 Å². The highest BCUT2D eigenvalue weighted by atomic mass is 32.1. The minimum absolute atomic E-state index is 0.0143. The number of fused-ring (bicyclic) bond motifs is 1. The van der Waals surface area contributed by atoms with E-state index in [1.165, 1.54) is 16.9 Å². The summed E-state index contributed by atoms with van der Waals surface area (Å²) in [5, 5.41) is 4.43. The van der Waals surface area contributed by atoms with Crippen LogP contribution in [0.25, 0.3) is 10.2 Å². The molecular formula is C17H15N3OS. The van der Waals surface area contributed by atoms with Gasteiger partial charge in [-0.1, -0.05) is 35.6 Å². The van der Waals surface area contributed by atoms with Gasteiger partial charge >= 0.3 is 4.87 Å². The van der Waals surface area contributed by atoms with Crippen LogP contribution in [0.5, 0.6) is 0 Å². The third kappa shape index (κ3) is 2.33. The molecule has 0 bridgehead atoms. The van der Waals surface area contributed by atoms with Crippen LogP contribution in [0.3, 0.4) is 0 Å². The van der Waals surface area contributed by atoms with Crippen molar-refractivity contribution in [2.75, 3.05) is 0 Å². The smallest absolute Gasteiger partial charge is 0.305 e. The van der Waals surface area contributed by atoms with Gasteiger partial charge in [-0.15, -0.1) is 0 Å². The molecule has 4 rings (SSSR count). The minimum atomic E-state index is -0.0143. The monoisotopic (exact) mass is 309 g/mol. The number of thiazole rings is 1. The summed E-state index contributed by atoms with van der Waals surface area (Å²) in [5.74, 6) is 0. The zero-order valence-corrected chi connectivity index (χ0v) is 12.7. The molecule has 0 aliphatic heterocycles. The van der Waals surface area contributed by atoms with Gasteiger partial charge in [0.15, 0.2) is 0 Å². The molecule has 0 spiro atoms. The van der Waals surface area contributed by atoms with Gasteiger partial charge in [0.25, 0.3) is 0 Å². The first-order valence-corrected chi connectivity index (χ1v) is 8.11. The van der Waals surface area contributed by atoms with E-state index >= 15 is 0 Å². The van der Waals surface area contributed by atoms with Crippen molar-refractivity contribution in [3.8, 4) is 0 Å². The Morgan fingerprint density at radius 1 is 1.32 bits per heavy atom. The van der Waals surface area contributed by atoms with Gasteiger partial charge in [0.05, 0.1) is 10.2 Å². The van der Waals surface area contributed by atoms with Crippen LogP contribution in [-0.2, 0) is 0 Å². The van der Waals surface area contributed by atoms with Gasteiger partial charge in [-0.3, -0.25) is 9.48 Å². The molecule has 1 N–H and O–H groups in total. The van der Waals surface area contributed by atoms with Crippen LogP contribution in [0.4, 0.5) is 0 Å². The number of hydrogen-bond donors (Lipinski definition) is 1. The molecule has 0 radical (unpaired) electrons. The first-order valence-electron chi connectivity index (χ1n) is 7.30. The summed E-state index contributed by atoms with van der Waals surface area (Å²) in [7, 11) is 0. The number of allylic oxidation sites excluding steroid dienone is 4. The maximum atomic E-state index is 11.5. The van der Waals surface area contributed by atoms with Crippen molar-refractivity contribution in [1.82, 2.24) is 14.8 Å². The fourth-order valence-electron chi connectivity index (χ4n) is 2.91. The minimum Gasteiger partial charge on any atom is -0.312 e. The van der Waals surface area contributed by atoms with Crippen LogP contribution in [0.15, 0.2) is 65.3 Å². The number of aromatic nitrogens is 3. The Bertz CT molecular complexity index is 915.